The van der Waals surface area contributed by atoms with Gasteiger partial charge in [0, 0.05) is 18.2 Å². The highest BCUT2D eigenvalue weighted by molar-refractivity contribution is 7.98. The molecule has 2 aromatic heterocycles. The van der Waals surface area contributed by atoms with E-state index in [0.717, 1.165) is 29.4 Å². The molecule has 0 unspecified atom stereocenters. The molecule has 0 bridgehead atoms. The summed E-state index contributed by atoms with van der Waals surface area (Å²) in [5.74, 6) is 3.76. The molecule has 0 radical (unpaired) electrons. The predicted molar refractivity (Wildman–Crippen MR) is 97.0 cm³/mol. The van der Waals surface area contributed by atoms with E-state index in [0.29, 0.717) is 35.5 Å². The molecule has 0 saturated heterocycles. The number of fused-ring (bicyclic) bond motifs is 1. The fraction of sp³-hybridized carbons (Fsp3) is 0.312. The molecule has 7 nitrogen and oxygen atoms in total. The van der Waals surface area contributed by atoms with Gasteiger partial charge in [-0.1, -0.05) is 11.6 Å². The average Bonchev–Trinajstić information content (AvgIpc) is 3.25. The zero-order chi connectivity index (χ0) is 17.2. The van der Waals surface area contributed by atoms with Crippen LogP contribution in [0, 0.1) is 0 Å². The molecule has 0 aliphatic carbocycles. The molecule has 3 heterocycles. The topological polar surface area (TPSA) is 77.9 Å². The van der Waals surface area contributed by atoms with Crippen LogP contribution in [0.15, 0.2) is 24.4 Å². The summed E-state index contributed by atoms with van der Waals surface area (Å²) in [5.41, 5.74) is 1.47. The van der Waals surface area contributed by atoms with Gasteiger partial charge in [-0.05, 0) is 18.4 Å². The van der Waals surface area contributed by atoms with Gasteiger partial charge in [-0.3, -0.25) is 5.10 Å². The normalized spacial score (nSPS) is 13.2. The lowest BCUT2D eigenvalue weighted by Gasteiger charge is -2.19. The third kappa shape index (κ3) is 3.19. The van der Waals surface area contributed by atoms with Crippen molar-refractivity contribution in [2.24, 2.45) is 0 Å². The molecule has 1 N–H and O–H groups in total. The van der Waals surface area contributed by atoms with Crippen LogP contribution < -0.4 is 9.47 Å². The highest BCUT2D eigenvalue weighted by Crippen LogP contribution is 2.33. The molecule has 1 aromatic carbocycles. The molecule has 1 aliphatic heterocycles. The number of ether oxygens (including phenoxy) is 2. The molecular formula is C16H16ClN5O2S. The third-order valence-electron chi connectivity index (χ3n) is 3.77. The van der Waals surface area contributed by atoms with E-state index in [9.17, 15) is 0 Å². The number of aromatic amines is 1. The molecule has 3 aromatic rings. The van der Waals surface area contributed by atoms with Crippen molar-refractivity contribution in [3.63, 3.8) is 0 Å². The molecule has 0 amide bonds. The monoisotopic (exact) mass is 377 g/mol. The van der Waals surface area contributed by atoms with Crippen molar-refractivity contribution < 1.29 is 9.47 Å². The van der Waals surface area contributed by atoms with Crippen molar-refractivity contribution in [3.05, 3.63) is 35.2 Å². The van der Waals surface area contributed by atoms with E-state index in [4.69, 9.17) is 21.1 Å². The van der Waals surface area contributed by atoms with Gasteiger partial charge in [-0.2, -0.15) is 22.0 Å². The lowest BCUT2D eigenvalue weighted by Crippen LogP contribution is -2.15. The van der Waals surface area contributed by atoms with Crippen LogP contribution in [0.4, 0.5) is 0 Å². The van der Waals surface area contributed by atoms with Crippen LogP contribution in [-0.4, -0.2) is 50.2 Å². The van der Waals surface area contributed by atoms with E-state index in [2.05, 4.69) is 26.5 Å². The van der Waals surface area contributed by atoms with Crippen LogP contribution in [0.5, 0.6) is 11.5 Å². The Bertz CT molecular complexity index is 895. The molecule has 0 atom stereocenters. The zero-order valence-electron chi connectivity index (χ0n) is 13.5. The van der Waals surface area contributed by atoms with Crippen LogP contribution in [0.25, 0.3) is 17.2 Å². The second-order valence-electron chi connectivity index (χ2n) is 5.43. The van der Waals surface area contributed by atoms with Crippen LogP contribution in [0.3, 0.4) is 0 Å². The highest BCUT2D eigenvalue weighted by atomic mass is 35.5. The Morgan fingerprint density at radius 1 is 1.28 bits per heavy atom. The molecule has 1 aliphatic rings. The molecular weight excluding hydrogens is 362 g/mol. The number of halogens is 1. The van der Waals surface area contributed by atoms with Gasteiger partial charge in [0.05, 0.1) is 16.9 Å². The van der Waals surface area contributed by atoms with Gasteiger partial charge in [0.15, 0.2) is 23.1 Å². The van der Waals surface area contributed by atoms with Gasteiger partial charge in [0.2, 0.25) is 0 Å². The highest BCUT2D eigenvalue weighted by Gasteiger charge is 2.20. The average molecular weight is 378 g/mol. The maximum absolute atomic E-state index is 6.24. The lowest BCUT2D eigenvalue weighted by atomic mass is 10.2. The first-order valence-corrected chi connectivity index (χ1v) is 9.57. The van der Waals surface area contributed by atoms with Crippen molar-refractivity contribution in [1.29, 1.82) is 0 Å². The van der Waals surface area contributed by atoms with E-state index in [1.807, 2.05) is 18.2 Å². The van der Waals surface area contributed by atoms with E-state index in [1.165, 1.54) is 0 Å². The molecule has 4 rings (SSSR count). The maximum atomic E-state index is 6.24. The number of hydrogen-bond donors (Lipinski definition) is 1. The number of H-pyrrole nitrogens is 1. The maximum Gasteiger partial charge on any atom is 0.182 e. The van der Waals surface area contributed by atoms with Crippen molar-refractivity contribution >= 4 is 23.4 Å². The largest absolute Gasteiger partial charge is 0.486 e. The SMILES string of the molecule is CSCCc1nc(-c2[nH]ncc2Cl)n(-c2ccc3c(c2)OCCO3)n1. The van der Waals surface area contributed by atoms with Gasteiger partial charge in [0.1, 0.15) is 18.9 Å². The number of benzene rings is 1. The van der Waals surface area contributed by atoms with Crippen LogP contribution in [-0.2, 0) is 6.42 Å². The number of aromatic nitrogens is 5. The van der Waals surface area contributed by atoms with Gasteiger partial charge in [0.25, 0.3) is 0 Å². The summed E-state index contributed by atoms with van der Waals surface area (Å²) in [5, 5.41) is 12.0. The van der Waals surface area contributed by atoms with Crippen LogP contribution in [0.2, 0.25) is 5.02 Å². The first-order valence-electron chi connectivity index (χ1n) is 7.80. The minimum Gasteiger partial charge on any atom is -0.486 e. The molecule has 25 heavy (non-hydrogen) atoms. The summed E-state index contributed by atoms with van der Waals surface area (Å²) >= 11 is 7.99. The second-order valence-corrected chi connectivity index (χ2v) is 6.82. The minimum atomic E-state index is 0.502. The van der Waals surface area contributed by atoms with Gasteiger partial charge in [-0.15, -0.1) is 0 Å². The van der Waals surface area contributed by atoms with E-state index in [-0.39, 0.29) is 0 Å². The fourth-order valence-electron chi connectivity index (χ4n) is 2.59. The van der Waals surface area contributed by atoms with Crippen molar-refractivity contribution in [3.8, 4) is 28.7 Å². The molecule has 0 saturated carbocycles. The Morgan fingerprint density at radius 3 is 2.88 bits per heavy atom. The van der Waals surface area contributed by atoms with Gasteiger partial charge >= 0.3 is 0 Å². The summed E-state index contributed by atoms with van der Waals surface area (Å²) in [4.78, 5) is 4.65. The fourth-order valence-corrected chi connectivity index (χ4v) is 3.15. The number of aryl methyl sites for hydroxylation is 1. The number of nitrogens with zero attached hydrogens (tertiary/aromatic N) is 4. The van der Waals surface area contributed by atoms with Crippen molar-refractivity contribution in [1.82, 2.24) is 25.0 Å². The Labute approximate surface area is 153 Å². The number of hydrogen-bond acceptors (Lipinski definition) is 6. The van der Waals surface area contributed by atoms with Gasteiger partial charge in [-0.25, -0.2) is 9.67 Å². The quantitative estimate of drug-likeness (QED) is 0.736. The summed E-state index contributed by atoms with van der Waals surface area (Å²) in [6.07, 6.45) is 4.39. The van der Waals surface area contributed by atoms with Gasteiger partial charge < -0.3 is 9.47 Å². The summed E-state index contributed by atoms with van der Waals surface area (Å²) in [6.45, 7) is 1.09. The molecule has 0 fully saturated rings. The Hall–Kier alpha value is -2.19. The molecule has 130 valence electrons. The minimum absolute atomic E-state index is 0.502. The molecule has 0 spiro atoms. The number of nitrogens with one attached hydrogen (secondary N) is 1. The van der Waals surface area contributed by atoms with E-state index < -0.39 is 0 Å². The number of thioether (sulfide) groups is 1. The molecule has 9 heteroatoms. The Balaban J connectivity index is 1.79. The first kappa shape index (κ1) is 16.3. The standard InChI is InChI=1S/C16H16ClN5O2S/c1-25-7-4-14-19-16(15-11(17)9-18-20-15)22(21-14)10-2-3-12-13(8-10)24-6-5-23-12/h2-3,8-9H,4-7H2,1H3,(H,18,20). The smallest absolute Gasteiger partial charge is 0.182 e. The number of rotatable bonds is 5. The predicted octanol–water partition coefficient (Wildman–Crippen LogP) is 2.99. The van der Waals surface area contributed by atoms with Crippen molar-refractivity contribution in [2.75, 3.05) is 25.2 Å². The third-order valence-corrected chi connectivity index (χ3v) is 4.67. The first-order chi connectivity index (χ1) is 12.3. The van der Waals surface area contributed by atoms with E-state index >= 15 is 0 Å². The Morgan fingerprint density at radius 2 is 2.12 bits per heavy atom. The van der Waals surface area contributed by atoms with E-state index in [1.54, 1.807) is 22.6 Å². The van der Waals surface area contributed by atoms with Crippen LogP contribution >= 0.6 is 23.4 Å². The zero-order valence-corrected chi connectivity index (χ0v) is 15.1. The van der Waals surface area contributed by atoms with Crippen LogP contribution in [0.1, 0.15) is 5.82 Å². The Kier molecular flexibility index (Phi) is 4.54. The summed E-state index contributed by atoms with van der Waals surface area (Å²) < 4.78 is 13.0. The summed E-state index contributed by atoms with van der Waals surface area (Å²) in [6, 6.07) is 5.70. The summed E-state index contributed by atoms with van der Waals surface area (Å²) in [7, 11) is 0. The second kappa shape index (κ2) is 6.97. The lowest BCUT2D eigenvalue weighted by molar-refractivity contribution is 0.171. The van der Waals surface area contributed by atoms with Crippen molar-refractivity contribution in [2.45, 2.75) is 6.42 Å².